The monoisotopic (exact) mass is 363 g/mol. The van der Waals surface area contributed by atoms with Crippen LogP contribution in [0.4, 0.5) is 5.69 Å². The minimum absolute atomic E-state index is 0.0461. The van der Waals surface area contributed by atoms with Crippen LogP contribution in [0.1, 0.15) is 21.5 Å². The molecule has 2 heterocycles. The molecule has 0 aliphatic rings. The number of amides is 2. The van der Waals surface area contributed by atoms with Crippen molar-refractivity contribution >= 4 is 17.5 Å². The zero-order valence-electron chi connectivity index (χ0n) is 15.5. The van der Waals surface area contributed by atoms with Crippen LogP contribution in [0, 0.1) is 13.8 Å². The Morgan fingerprint density at radius 3 is 2.67 bits per heavy atom. The normalized spacial score (nSPS) is 10.5. The topological polar surface area (TPSA) is 80.1 Å². The maximum Gasteiger partial charge on any atom is 0.255 e. The van der Waals surface area contributed by atoms with Crippen LogP contribution >= 0.6 is 0 Å². The largest absolute Gasteiger partial charge is 0.332 e. The molecule has 0 radical (unpaired) electrons. The van der Waals surface area contributed by atoms with E-state index in [0.29, 0.717) is 11.4 Å². The number of hydrogen-bond donors (Lipinski definition) is 1. The van der Waals surface area contributed by atoms with Crippen molar-refractivity contribution < 1.29 is 9.59 Å². The van der Waals surface area contributed by atoms with Gasteiger partial charge in [-0.1, -0.05) is 12.1 Å². The van der Waals surface area contributed by atoms with Crippen LogP contribution in [-0.2, 0) is 4.79 Å². The number of carbonyl (C=O) groups excluding carboxylic acids is 2. The number of nitrogens with one attached hydrogen (secondary N) is 1. The summed E-state index contributed by atoms with van der Waals surface area (Å²) in [6.45, 7) is 3.89. The fourth-order valence-electron chi connectivity index (χ4n) is 2.64. The SMILES string of the molecule is Cc1cccc(NC(=O)CN(C)C(=O)c2ccc(-n3ccnc3)nc2)c1C. The fourth-order valence-corrected chi connectivity index (χ4v) is 2.64. The molecule has 7 heteroatoms. The summed E-state index contributed by atoms with van der Waals surface area (Å²) in [6, 6.07) is 9.14. The van der Waals surface area contributed by atoms with E-state index in [4.69, 9.17) is 0 Å². The second kappa shape index (κ2) is 7.82. The summed E-state index contributed by atoms with van der Waals surface area (Å²) < 4.78 is 1.75. The zero-order chi connectivity index (χ0) is 19.4. The van der Waals surface area contributed by atoms with Crippen LogP contribution in [-0.4, -0.2) is 44.8 Å². The van der Waals surface area contributed by atoms with Crippen molar-refractivity contribution in [1.29, 1.82) is 0 Å². The van der Waals surface area contributed by atoms with Crippen molar-refractivity contribution in [2.45, 2.75) is 13.8 Å². The number of likely N-dealkylation sites (N-methyl/N-ethyl adjacent to an activating group) is 1. The number of pyridine rings is 1. The predicted molar refractivity (Wildman–Crippen MR) is 103 cm³/mol. The second-order valence-corrected chi connectivity index (χ2v) is 6.33. The molecule has 7 nitrogen and oxygen atoms in total. The van der Waals surface area contributed by atoms with Gasteiger partial charge in [-0.25, -0.2) is 9.97 Å². The molecule has 1 aromatic carbocycles. The van der Waals surface area contributed by atoms with Gasteiger partial charge in [0.25, 0.3) is 5.91 Å². The van der Waals surface area contributed by atoms with Gasteiger partial charge in [0.1, 0.15) is 12.1 Å². The first kappa shape index (κ1) is 18.3. The Balaban J connectivity index is 1.63. The first-order chi connectivity index (χ1) is 13.0. The smallest absolute Gasteiger partial charge is 0.255 e. The number of carbonyl (C=O) groups is 2. The maximum absolute atomic E-state index is 12.5. The third-order valence-corrected chi connectivity index (χ3v) is 4.37. The van der Waals surface area contributed by atoms with E-state index in [2.05, 4.69) is 15.3 Å². The lowest BCUT2D eigenvalue weighted by atomic mass is 10.1. The summed E-state index contributed by atoms with van der Waals surface area (Å²) in [5.41, 5.74) is 3.29. The third-order valence-electron chi connectivity index (χ3n) is 4.37. The number of anilines is 1. The molecule has 0 aliphatic carbocycles. The molecule has 1 N–H and O–H groups in total. The molecule has 0 fully saturated rings. The van der Waals surface area contributed by atoms with Gasteiger partial charge >= 0.3 is 0 Å². The van der Waals surface area contributed by atoms with Crippen molar-refractivity contribution in [2.24, 2.45) is 0 Å². The first-order valence-electron chi connectivity index (χ1n) is 8.51. The van der Waals surface area contributed by atoms with Gasteiger partial charge in [-0.15, -0.1) is 0 Å². The molecule has 0 bridgehead atoms. The van der Waals surface area contributed by atoms with E-state index >= 15 is 0 Å². The van der Waals surface area contributed by atoms with Crippen LogP contribution in [0.15, 0.2) is 55.2 Å². The van der Waals surface area contributed by atoms with Crippen molar-refractivity contribution in [1.82, 2.24) is 19.4 Å². The lowest BCUT2D eigenvalue weighted by Crippen LogP contribution is -2.35. The molecule has 0 saturated carbocycles. The van der Waals surface area contributed by atoms with Gasteiger partial charge in [0.05, 0.1) is 12.1 Å². The minimum Gasteiger partial charge on any atom is -0.332 e. The Morgan fingerprint density at radius 2 is 2.00 bits per heavy atom. The Kier molecular flexibility index (Phi) is 5.30. The molecule has 138 valence electrons. The molecular formula is C20H21N5O2. The minimum atomic E-state index is -0.268. The van der Waals surface area contributed by atoms with Crippen LogP contribution in [0.2, 0.25) is 0 Å². The molecule has 0 atom stereocenters. The summed E-state index contributed by atoms with van der Waals surface area (Å²) in [5, 5.41) is 2.86. The van der Waals surface area contributed by atoms with Crippen molar-refractivity contribution in [3.63, 3.8) is 0 Å². The number of aryl methyl sites for hydroxylation is 1. The Morgan fingerprint density at radius 1 is 1.19 bits per heavy atom. The quantitative estimate of drug-likeness (QED) is 0.756. The van der Waals surface area contributed by atoms with Gasteiger partial charge in [-0.3, -0.25) is 14.2 Å². The van der Waals surface area contributed by atoms with Crippen molar-refractivity contribution in [3.05, 3.63) is 71.9 Å². The van der Waals surface area contributed by atoms with E-state index < -0.39 is 0 Å². The van der Waals surface area contributed by atoms with Crippen LogP contribution in [0.3, 0.4) is 0 Å². The summed E-state index contributed by atoms with van der Waals surface area (Å²) in [7, 11) is 1.59. The Bertz CT molecular complexity index is 949. The Labute approximate surface area is 157 Å². The lowest BCUT2D eigenvalue weighted by molar-refractivity contribution is -0.116. The number of nitrogens with zero attached hydrogens (tertiary/aromatic N) is 4. The number of rotatable bonds is 5. The molecule has 2 amide bonds. The van der Waals surface area contributed by atoms with Crippen LogP contribution < -0.4 is 5.32 Å². The average molecular weight is 363 g/mol. The highest BCUT2D eigenvalue weighted by molar-refractivity contribution is 5.99. The van der Waals surface area contributed by atoms with Crippen molar-refractivity contribution in [2.75, 3.05) is 18.9 Å². The molecule has 0 aliphatic heterocycles. The van der Waals surface area contributed by atoms with E-state index in [1.807, 2.05) is 32.0 Å². The van der Waals surface area contributed by atoms with Gasteiger partial charge < -0.3 is 10.2 Å². The van der Waals surface area contributed by atoms with Crippen LogP contribution in [0.25, 0.3) is 5.82 Å². The standard InChI is InChI=1S/C20H21N5O2/c1-14-5-4-6-17(15(14)2)23-19(26)12-24(3)20(27)16-7-8-18(22-11-16)25-10-9-21-13-25/h4-11,13H,12H2,1-3H3,(H,23,26). The van der Waals surface area contributed by atoms with Gasteiger partial charge in [0, 0.05) is 31.3 Å². The van der Waals surface area contributed by atoms with E-state index in [-0.39, 0.29) is 18.4 Å². The molecule has 3 rings (SSSR count). The second-order valence-electron chi connectivity index (χ2n) is 6.33. The summed E-state index contributed by atoms with van der Waals surface area (Å²) in [5.74, 6) is 0.151. The van der Waals surface area contributed by atoms with Gasteiger partial charge in [-0.05, 0) is 43.2 Å². The first-order valence-corrected chi connectivity index (χ1v) is 8.51. The molecule has 0 saturated heterocycles. The molecule has 3 aromatic rings. The van der Waals surface area contributed by atoms with Gasteiger partial charge in [-0.2, -0.15) is 0 Å². The molecule has 2 aromatic heterocycles. The average Bonchev–Trinajstić information content (AvgIpc) is 3.19. The zero-order valence-corrected chi connectivity index (χ0v) is 15.5. The summed E-state index contributed by atoms with van der Waals surface area (Å²) in [6.07, 6.45) is 6.56. The molecule has 0 spiro atoms. The van der Waals surface area contributed by atoms with E-state index in [9.17, 15) is 9.59 Å². The Hall–Kier alpha value is -3.48. The number of benzene rings is 1. The van der Waals surface area contributed by atoms with Gasteiger partial charge in [0.15, 0.2) is 0 Å². The van der Waals surface area contributed by atoms with E-state index in [0.717, 1.165) is 16.8 Å². The molecular weight excluding hydrogens is 342 g/mol. The van der Waals surface area contributed by atoms with Crippen LogP contribution in [0.5, 0.6) is 0 Å². The van der Waals surface area contributed by atoms with E-state index in [1.54, 1.807) is 42.5 Å². The predicted octanol–water partition coefficient (Wildman–Crippen LogP) is 2.59. The third kappa shape index (κ3) is 4.20. The lowest BCUT2D eigenvalue weighted by Gasteiger charge is -2.18. The fraction of sp³-hybridized carbons (Fsp3) is 0.200. The number of aromatic nitrogens is 3. The number of hydrogen-bond acceptors (Lipinski definition) is 4. The maximum atomic E-state index is 12.5. The summed E-state index contributed by atoms with van der Waals surface area (Å²) in [4.78, 5) is 34.4. The van der Waals surface area contributed by atoms with Gasteiger partial charge in [0.2, 0.25) is 5.91 Å². The molecule has 0 unspecified atom stereocenters. The molecule has 27 heavy (non-hydrogen) atoms. The number of imidazole rings is 1. The van der Waals surface area contributed by atoms with Crippen molar-refractivity contribution in [3.8, 4) is 5.82 Å². The highest BCUT2D eigenvalue weighted by atomic mass is 16.2. The van der Waals surface area contributed by atoms with E-state index in [1.165, 1.54) is 11.1 Å². The highest BCUT2D eigenvalue weighted by Crippen LogP contribution is 2.18. The highest BCUT2D eigenvalue weighted by Gasteiger charge is 2.16. The summed E-state index contributed by atoms with van der Waals surface area (Å²) >= 11 is 0.